The third-order valence-electron chi connectivity index (χ3n) is 5.01. The molecule has 0 saturated heterocycles. The van der Waals surface area contributed by atoms with Crippen LogP contribution >= 0.6 is 11.8 Å². The van der Waals surface area contributed by atoms with Crippen LogP contribution in [0.25, 0.3) is 11.6 Å². The Morgan fingerprint density at radius 1 is 1.04 bits per heavy atom. The normalized spacial score (nSPS) is 19.2. The summed E-state index contributed by atoms with van der Waals surface area (Å²) in [6, 6.07) is 15.3. The molecule has 0 atom stereocenters. The summed E-state index contributed by atoms with van der Waals surface area (Å²) >= 11 is 1.76. The average Bonchev–Trinajstić information content (AvgIpc) is 3.13. The Labute approximate surface area is 159 Å². The molecule has 0 unspecified atom stereocenters. The van der Waals surface area contributed by atoms with E-state index in [1.54, 1.807) is 11.8 Å². The van der Waals surface area contributed by atoms with Crippen LogP contribution in [0.1, 0.15) is 22.3 Å². The number of fused-ring (bicyclic) bond motifs is 1. The molecule has 0 saturated carbocycles. The van der Waals surface area contributed by atoms with E-state index in [9.17, 15) is 0 Å². The van der Waals surface area contributed by atoms with E-state index in [1.165, 1.54) is 44.3 Å². The van der Waals surface area contributed by atoms with E-state index in [1.807, 2.05) is 0 Å². The van der Waals surface area contributed by atoms with Gasteiger partial charge >= 0.3 is 0 Å². The summed E-state index contributed by atoms with van der Waals surface area (Å²) in [6.07, 6.45) is 6.73. The molecule has 0 aliphatic carbocycles. The van der Waals surface area contributed by atoms with Crippen molar-refractivity contribution in [2.75, 3.05) is 14.1 Å². The van der Waals surface area contributed by atoms with Crippen molar-refractivity contribution in [3.8, 4) is 0 Å². The first-order valence-corrected chi connectivity index (χ1v) is 9.70. The van der Waals surface area contributed by atoms with Gasteiger partial charge in [0.05, 0.1) is 16.2 Å². The summed E-state index contributed by atoms with van der Waals surface area (Å²) in [7, 11) is 4.26. The molecule has 2 aliphatic heterocycles. The van der Waals surface area contributed by atoms with Crippen LogP contribution in [0.15, 0.2) is 65.2 Å². The van der Waals surface area contributed by atoms with E-state index in [0.717, 1.165) is 0 Å². The highest BCUT2D eigenvalue weighted by molar-refractivity contribution is 8.06. The number of hydrogen-bond acceptors (Lipinski definition) is 2. The fourth-order valence-corrected chi connectivity index (χ4v) is 4.23. The lowest BCUT2D eigenvalue weighted by Gasteiger charge is -2.09. The van der Waals surface area contributed by atoms with Crippen molar-refractivity contribution in [3.05, 3.63) is 87.4 Å². The molecule has 2 nitrogen and oxygen atoms in total. The van der Waals surface area contributed by atoms with Crippen molar-refractivity contribution in [3.63, 3.8) is 0 Å². The molecule has 2 aliphatic rings. The fraction of sp³-hybridized carbons (Fsp3) is 0.174. The molecule has 130 valence electrons. The summed E-state index contributed by atoms with van der Waals surface area (Å²) in [6.45, 7) is 4.33. The van der Waals surface area contributed by atoms with Crippen LogP contribution in [0.2, 0.25) is 0 Å². The van der Waals surface area contributed by atoms with Crippen LogP contribution in [0, 0.1) is 13.8 Å². The second-order valence-corrected chi connectivity index (χ2v) is 7.80. The monoisotopic (exact) mass is 359 g/mol. The SMILES string of the molecule is Cc1ccc2c(c1)/C(=C/c1ccccc1C)C(/C=C1\SC=CN1C)=[N+]2C. The highest BCUT2D eigenvalue weighted by atomic mass is 32.2. The number of benzene rings is 2. The number of allylic oxidation sites excluding steroid dienone is 2. The first kappa shape index (κ1) is 16.9. The topological polar surface area (TPSA) is 6.25 Å². The maximum atomic E-state index is 2.33. The van der Waals surface area contributed by atoms with E-state index < -0.39 is 0 Å². The highest BCUT2D eigenvalue weighted by Crippen LogP contribution is 2.38. The van der Waals surface area contributed by atoms with Gasteiger partial charge in [0.15, 0.2) is 0 Å². The lowest BCUT2D eigenvalue weighted by molar-refractivity contribution is -0.399. The van der Waals surface area contributed by atoms with E-state index in [2.05, 4.69) is 104 Å². The summed E-state index contributed by atoms with van der Waals surface area (Å²) in [5.41, 5.74) is 8.95. The first-order valence-electron chi connectivity index (χ1n) is 8.82. The fourth-order valence-electron chi connectivity index (χ4n) is 3.44. The predicted molar refractivity (Wildman–Crippen MR) is 114 cm³/mol. The van der Waals surface area contributed by atoms with Gasteiger partial charge in [0.1, 0.15) is 7.05 Å². The summed E-state index contributed by atoms with van der Waals surface area (Å²) in [5.74, 6) is 0. The van der Waals surface area contributed by atoms with Crippen LogP contribution in [-0.2, 0) is 0 Å². The maximum absolute atomic E-state index is 2.33. The molecule has 0 N–H and O–H groups in total. The Morgan fingerprint density at radius 3 is 2.58 bits per heavy atom. The van der Waals surface area contributed by atoms with Crippen LogP contribution in [0.3, 0.4) is 0 Å². The maximum Gasteiger partial charge on any atom is 0.216 e. The second kappa shape index (κ2) is 6.65. The number of aryl methyl sites for hydroxylation is 2. The minimum atomic E-state index is 1.24. The predicted octanol–water partition coefficient (Wildman–Crippen LogP) is 5.56. The molecule has 2 heterocycles. The molecule has 0 amide bonds. The summed E-state index contributed by atoms with van der Waals surface area (Å²) in [5, 5.41) is 3.37. The molecule has 0 radical (unpaired) electrons. The summed E-state index contributed by atoms with van der Waals surface area (Å²) in [4.78, 5) is 2.17. The van der Waals surface area contributed by atoms with Crippen LogP contribution < -0.4 is 0 Å². The van der Waals surface area contributed by atoms with Gasteiger partial charge in [-0.05, 0) is 42.5 Å². The third-order valence-corrected chi connectivity index (χ3v) is 5.92. The van der Waals surface area contributed by atoms with E-state index >= 15 is 0 Å². The number of hydrogen-bond donors (Lipinski definition) is 0. The van der Waals surface area contributed by atoms with Crippen molar-refractivity contribution in [2.45, 2.75) is 13.8 Å². The zero-order valence-electron chi connectivity index (χ0n) is 15.7. The molecular formula is C23H23N2S+. The van der Waals surface area contributed by atoms with Crippen LogP contribution in [0.4, 0.5) is 5.69 Å². The molecule has 0 fully saturated rings. The van der Waals surface area contributed by atoms with Gasteiger partial charge in [-0.3, -0.25) is 0 Å². The van der Waals surface area contributed by atoms with Gasteiger partial charge in [0.25, 0.3) is 0 Å². The number of rotatable bonds is 2. The van der Waals surface area contributed by atoms with E-state index in [0.29, 0.717) is 0 Å². The van der Waals surface area contributed by atoms with E-state index in [-0.39, 0.29) is 0 Å². The van der Waals surface area contributed by atoms with Crippen molar-refractivity contribution in [1.29, 1.82) is 0 Å². The van der Waals surface area contributed by atoms with Gasteiger partial charge in [-0.25, -0.2) is 0 Å². The quantitative estimate of drug-likeness (QED) is 0.647. The van der Waals surface area contributed by atoms with Gasteiger partial charge in [-0.15, -0.1) is 0 Å². The minimum absolute atomic E-state index is 1.24. The third kappa shape index (κ3) is 2.93. The molecule has 0 spiro atoms. The smallest absolute Gasteiger partial charge is 0.216 e. The second-order valence-electron chi connectivity index (χ2n) is 6.88. The molecular weight excluding hydrogens is 336 g/mol. The Morgan fingerprint density at radius 2 is 1.85 bits per heavy atom. The van der Waals surface area contributed by atoms with Crippen LogP contribution in [0.5, 0.6) is 0 Å². The van der Waals surface area contributed by atoms with Gasteiger partial charge in [0.2, 0.25) is 11.4 Å². The minimum Gasteiger partial charge on any atom is -0.345 e. The van der Waals surface area contributed by atoms with Gasteiger partial charge in [-0.2, -0.15) is 4.58 Å². The van der Waals surface area contributed by atoms with Crippen molar-refractivity contribution < 1.29 is 4.58 Å². The number of nitrogens with zero attached hydrogens (tertiary/aromatic N) is 2. The standard InChI is InChI=1S/C23H23N2S/c1-16-9-10-21-19(13-16)20(14-18-8-6-5-7-17(18)2)22(25(21)4)15-23-24(3)11-12-26-23/h5-15H,1-4H3/q+1/b20-14-. The molecule has 4 rings (SSSR count). The highest BCUT2D eigenvalue weighted by Gasteiger charge is 2.32. The van der Waals surface area contributed by atoms with Gasteiger partial charge in [0, 0.05) is 25.4 Å². The molecule has 3 heteroatoms. The van der Waals surface area contributed by atoms with Crippen molar-refractivity contribution in [1.82, 2.24) is 4.90 Å². The van der Waals surface area contributed by atoms with E-state index in [4.69, 9.17) is 0 Å². The number of thioether (sulfide) groups is 1. The Kier molecular flexibility index (Phi) is 4.33. The molecule has 26 heavy (non-hydrogen) atoms. The lowest BCUT2D eigenvalue weighted by atomic mass is 9.97. The summed E-state index contributed by atoms with van der Waals surface area (Å²) < 4.78 is 2.30. The first-order chi connectivity index (χ1) is 12.5. The lowest BCUT2D eigenvalue weighted by Crippen LogP contribution is -2.10. The average molecular weight is 360 g/mol. The molecule has 2 aromatic carbocycles. The zero-order chi connectivity index (χ0) is 18.3. The zero-order valence-corrected chi connectivity index (χ0v) is 16.5. The molecule has 2 aromatic rings. The Bertz CT molecular complexity index is 1010. The Balaban J connectivity index is 1.91. The van der Waals surface area contributed by atoms with Crippen molar-refractivity contribution >= 4 is 34.8 Å². The van der Waals surface area contributed by atoms with Gasteiger partial charge < -0.3 is 4.90 Å². The van der Waals surface area contributed by atoms with Crippen LogP contribution in [-0.4, -0.2) is 29.3 Å². The molecule has 0 bridgehead atoms. The van der Waals surface area contributed by atoms with Crippen molar-refractivity contribution in [2.24, 2.45) is 0 Å². The van der Waals surface area contributed by atoms with Gasteiger partial charge in [-0.1, -0.05) is 47.7 Å². The largest absolute Gasteiger partial charge is 0.345 e. The molecule has 0 aromatic heterocycles. The Hall–Kier alpha value is -2.52.